The zero-order valence-corrected chi connectivity index (χ0v) is 32.5. The summed E-state index contributed by atoms with van der Waals surface area (Å²) >= 11 is 1.83. The Bertz CT molecular complexity index is 2610. The van der Waals surface area contributed by atoms with Gasteiger partial charge in [-0.15, -0.1) is 52.7 Å². The van der Waals surface area contributed by atoms with E-state index in [4.69, 9.17) is 9.72 Å². The Morgan fingerprint density at radius 3 is 2.25 bits per heavy atom. The summed E-state index contributed by atoms with van der Waals surface area (Å²) in [4.78, 5) is 9.40. The fourth-order valence-corrected chi connectivity index (χ4v) is 8.16. The minimum absolute atomic E-state index is 0. The van der Waals surface area contributed by atoms with Crippen LogP contribution in [-0.4, -0.2) is 15.1 Å². The zero-order valence-electron chi connectivity index (χ0n) is 29.4. The molecule has 0 saturated heterocycles. The molecule has 258 valence electrons. The van der Waals surface area contributed by atoms with Crippen LogP contribution in [0.3, 0.4) is 0 Å². The second-order valence-corrected chi connectivity index (χ2v) is 16.1. The van der Waals surface area contributed by atoms with Gasteiger partial charge in [-0.1, -0.05) is 62.7 Å². The van der Waals surface area contributed by atoms with Gasteiger partial charge in [0.1, 0.15) is 5.82 Å². The molecule has 51 heavy (non-hydrogen) atoms. The predicted octanol–water partition coefficient (Wildman–Crippen LogP) is 12.1. The van der Waals surface area contributed by atoms with Crippen LogP contribution in [0.1, 0.15) is 47.1 Å². The van der Waals surface area contributed by atoms with E-state index in [-0.39, 0.29) is 32.0 Å². The molecular weight excluding hydrogens is 828 g/mol. The minimum atomic E-state index is -0.0781. The molecule has 0 spiro atoms. The topological polar surface area (TPSA) is 33.5 Å². The number of hydrogen-bond donors (Lipinski definition) is 0. The van der Waals surface area contributed by atoms with Crippen LogP contribution in [-0.2, 0) is 26.5 Å². The van der Waals surface area contributed by atoms with E-state index in [2.05, 4.69) is 160 Å². The molecule has 7 heteroatoms. The Hall–Kier alpha value is -4.64. The molecule has 1 aliphatic rings. The second kappa shape index (κ2) is 12.2. The molecule has 5 nitrogen and oxygen atoms in total. The molecule has 0 fully saturated rings. The van der Waals surface area contributed by atoms with Crippen molar-refractivity contribution in [2.75, 3.05) is 9.80 Å². The number of aromatic nitrogens is 2. The van der Waals surface area contributed by atoms with Gasteiger partial charge in [-0.2, -0.15) is 18.8 Å². The summed E-state index contributed by atoms with van der Waals surface area (Å²) in [5.41, 5.74) is 6.35. The van der Waals surface area contributed by atoms with Crippen molar-refractivity contribution in [2.24, 2.45) is 0 Å². The van der Waals surface area contributed by atoms with Gasteiger partial charge >= 0.3 is 0 Å². The van der Waals surface area contributed by atoms with Crippen LogP contribution in [0.4, 0.5) is 17.1 Å². The molecule has 3 aromatic heterocycles. The molecule has 0 N–H and O–H groups in total. The van der Waals surface area contributed by atoms with Gasteiger partial charge in [0.25, 0.3) is 0 Å². The third-order valence-corrected chi connectivity index (χ3v) is 10.7. The van der Waals surface area contributed by atoms with E-state index in [1.807, 2.05) is 35.7 Å². The van der Waals surface area contributed by atoms with Crippen LogP contribution in [0.5, 0.6) is 11.5 Å². The maximum Gasteiger partial charge on any atom is 0.135 e. The fraction of sp³-hybridized carbons (Fsp3) is 0.182. The van der Waals surface area contributed by atoms with Crippen molar-refractivity contribution in [1.29, 1.82) is 0 Å². The first-order valence-electron chi connectivity index (χ1n) is 17.0. The third-order valence-electron chi connectivity index (χ3n) is 9.58. The van der Waals surface area contributed by atoms with Crippen LogP contribution in [0.2, 0.25) is 0 Å². The monoisotopic (exact) mass is 864 g/mol. The normalized spacial score (nSPS) is 13.4. The van der Waals surface area contributed by atoms with Crippen LogP contribution in [0.25, 0.3) is 47.8 Å². The van der Waals surface area contributed by atoms with Crippen molar-refractivity contribution < 1.29 is 25.8 Å². The number of thiophene rings is 1. The first-order chi connectivity index (χ1) is 24.0. The fourth-order valence-electron chi connectivity index (χ4n) is 7.04. The molecule has 0 bridgehead atoms. The summed E-state index contributed by atoms with van der Waals surface area (Å²) in [7, 11) is 0. The Labute approximate surface area is 317 Å². The molecule has 8 aromatic rings. The van der Waals surface area contributed by atoms with Gasteiger partial charge in [0.05, 0.1) is 0 Å². The van der Waals surface area contributed by atoms with Crippen LogP contribution in [0.15, 0.2) is 109 Å². The Balaban J connectivity index is 0.00000374. The van der Waals surface area contributed by atoms with Gasteiger partial charge in [-0.3, -0.25) is 0 Å². The quantitative estimate of drug-likeness (QED) is 0.165. The molecule has 9 rings (SSSR count). The van der Waals surface area contributed by atoms with Gasteiger partial charge in [0.2, 0.25) is 0 Å². The molecule has 0 saturated carbocycles. The van der Waals surface area contributed by atoms with Crippen molar-refractivity contribution in [1.82, 2.24) is 9.55 Å². The molecule has 0 amide bonds. The van der Waals surface area contributed by atoms with Crippen LogP contribution in [0, 0.1) is 18.8 Å². The van der Waals surface area contributed by atoms with E-state index >= 15 is 0 Å². The number of ether oxygens (including phenoxy) is 1. The van der Waals surface area contributed by atoms with Gasteiger partial charge < -0.3 is 19.1 Å². The second-order valence-electron chi connectivity index (χ2n) is 15.1. The van der Waals surface area contributed by atoms with Crippen molar-refractivity contribution >= 4 is 70.4 Å². The average molecular weight is 865 g/mol. The zero-order chi connectivity index (χ0) is 34.4. The Morgan fingerprint density at radius 2 is 1.45 bits per heavy atom. The molecule has 0 aliphatic carbocycles. The maximum atomic E-state index is 6.56. The Morgan fingerprint density at radius 1 is 0.686 bits per heavy atom. The molecule has 1 aliphatic heterocycles. The number of para-hydroxylation sites is 2. The van der Waals surface area contributed by atoms with E-state index in [9.17, 15) is 0 Å². The molecule has 5 aromatic carbocycles. The standard InChI is InChI=1S/C44H37N4OS.Pt/c1-43(2,3)28-20-21-45-42(22-28)48-38-24-31(18-19-32(38)34-25-35-33-14-7-10-17-40(33)50-41(35)26-39(34)48)49-30-13-11-12-29(23-30)46-27-47(44(4,5)6)37-16-9-8-15-36(37)46;/h7-22,25-27H,1-6H3;/q-3;. The third kappa shape index (κ3) is 5.70. The van der Waals surface area contributed by atoms with Crippen molar-refractivity contribution in [3.63, 3.8) is 0 Å². The number of rotatable bonds is 4. The maximum absolute atomic E-state index is 6.56. The van der Waals surface area contributed by atoms with E-state index in [0.29, 0.717) is 11.5 Å². The molecule has 0 radical (unpaired) electrons. The molecule has 4 heterocycles. The van der Waals surface area contributed by atoms with Crippen molar-refractivity contribution in [3.8, 4) is 17.3 Å². The average Bonchev–Trinajstić information content (AvgIpc) is 3.76. The van der Waals surface area contributed by atoms with Gasteiger partial charge in [-0.25, -0.2) is 4.98 Å². The predicted molar refractivity (Wildman–Crippen MR) is 209 cm³/mol. The molecule has 0 atom stereocenters. The number of anilines is 3. The molecule has 0 unspecified atom stereocenters. The summed E-state index contributed by atoms with van der Waals surface area (Å²) in [6.07, 6.45) is 1.92. The number of hydrogen-bond acceptors (Lipinski definition) is 5. The van der Waals surface area contributed by atoms with Crippen molar-refractivity contribution in [2.45, 2.75) is 52.5 Å². The number of pyridine rings is 1. The number of fused-ring (bicyclic) bond motifs is 7. The summed E-state index contributed by atoms with van der Waals surface area (Å²) in [6.45, 7) is 15.5. The summed E-state index contributed by atoms with van der Waals surface area (Å²) in [5.74, 6) is 2.11. The number of benzene rings is 5. The summed E-state index contributed by atoms with van der Waals surface area (Å²) in [6, 6.07) is 43.5. The van der Waals surface area contributed by atoms with E-state index in [0.717, 1.165) is 33.6 Å². The van der Waals surface area contributed by atoms with Gasteiger partial charge in [-0.05, 0) is 73.5 Å². The first-order valence-corrected chi connectivity index (χ1v) is 17.9. The summed E-state index contributed by atoms with van der Waals surface area (Å²) < 4.78 is 11.3. The van der Waals surface area contributed by atoms with Crippen LogP contribution >= 0.6 is 11.3 Å². The van der Waals surface area contributed by atoms with E-state index in [1.54, 1.807) is 0 Å². The van der Waals surface area contributed by atoms with Crippen LogP contribution < -0.4 is 14.5 Å². The van der Waals surface area contributed by atoms with Crippen molar-refractivity contribution in [3.05, 3.63) is 134 Å². The number of nitrogens with zero attached hydrogens (tertiary/aromatic N) is 4. The van der Waals surface area contributed by atoms with Gasteiger partial charge in [0.15, 0.2) is 0 Å². The van der Waals surface area contributed by atoms with Gasteiger partial charge in [0, 0.05) is 81.4 Å². The summed E-state index contributed by atoms with van der Waals surface area (Å²) in [5, 5.41) is 4.83. The first kappa shape index (κ1) is 33.5. The van der Waals surface area contributed by atoms with E-state index < -0.39 is 0 Å². The largest absolute Gasteiger partial charge is 0.509 e. The molecular formula is C44H37N4OPtS-3. The Kier molecular flexibility index (Phi) is 8.05. The smallest absolute Gasteiger partial charge is 0.135 e. The SMILES string of the molecule is CC(C)(C)c1ccnc(-n2c3[c-]c(Oc4[c-]c(N5[CH-]N(C(C)(C)C)c6ccccc65)ccc4)ccc3c3cc4c(cc32)sc2ccccc24)c1.[Pt]. The minimum Gasteiger partial charge on any atom is -0.509 e. The van der Waals surface area contributed by atoms with E-state index in [1.165, 1.54) is 36.8 Å².